The normalized spacial score (nSPS) is 17.1. The van der Waals surface area contributed by atoms with Crippen LogP contribution in [0.1, 0.15) is 43.6 Å². The molecule has 34 heavy (non-hydrogen) atoms. The number of carbonyl (C=O) groups is 1. The van der Waals surface area contributed by atoms with Crippen LogP contribution in [0.5, 0.6) is 0 Å². The number of alkyl halides is 3. The Morgan fingerprint density at radius 2 is 1.65 bits per heavy atom. The summed E-state index contributed by atoms with van der Waals surface area (Å²) in [5.74, 6) is -0.553. The van der Waals surface area contributed by atoms with Gasteiger partial charge in [-0.1, -0.05) is 17.3 Å². The first-order valence-electron chi connectivity index (χ1n) is 10.5. The van der Waals surface area contributed by atoms with Gasteiger partial charge in [-0.3, -0.25) is 0 Å². The second kappa shape index (κ2) is 8.24. The van der Waals surface area contributed by atoms with E-state index in [4.69, 9.17) is 14.0 Å². The van der Waals surface area contributed by atoms with E-state index >= 15 is 0 Å². The van der Waals surface area contributed by atoms with Crippen LogP contribution in [0.15, 0.2) is 48.7 Å². The summed E-state index contributed by atoms with van der Waals surface area (Å²) in [5.41, 5.74) is 0.257. The van der Waals surface area contributed by atoms with Crippen molar-refractivity contribution in [3.05, 3.63) is 59.8 Å². The first-order valence-corrected chi connectivity index (χ1v) is 10.5. The van der Waals surface area contributed by atoms with Crippen molar-refractivity contribution in [2.24, 2.45) is 0 Å². The van der Waals surface area contributed by atoms with Gasteiger partial charge in [-0.05, 0) is 63.5 Å². The fraction of sp³-hybridized carbons (Fsp3) is 0.348. The highest BCUT2D eigenvalue weighted by atomic mass is 19.4. The van der Waals surface area contributed by atoms with Crippen LogP contribution < -0.4 is 5.46 Å². The van der Waals surface area contributed by atoms with Gasteiger partial charge < -0.3 is 14.0 Å². The van der Waals surface area contributed by atoms with Gasteiger partial charge in [0.1, 0.15) is 5.69 Å². The molecule has 11 heteroatoms. The average molecular weight is 473 g/mol. The minimum Gasteiger partial charge on any atom is -0.465 e. The van der Waals surface area contributed by atoms with Crippen LogP contribution in [-0.2, 0) is 20.2 Å². The number of nitrogens with zero attached hydrogens (tertiary/aromatic N) is 3. The Morgan fingerprint density at radius 3 is 2.21 bits per heavy atom. The van der Waals surface area contributed by atoms with Gasteiger partial charge in [-0.15, -0.1) is 5.10 Å². The second-order valence-electron chi connectivity index (χ2n) is 9.02. The quantitative estimate of drug-likeness (QED) is 0.421. The van der Waals surface area contributed by atoms with Gasteiger partial charge in [-0.25, -0.2) is 9.48 Å². The van der Waals surface area contributed by atoms with Crippen molar-refractivity contribution < 1.29 is 32.0 Å². The SMILES string of the molecule is COC(=O)c1cc(B2OC(C)(C)C(C)(C)O2)cc(-n2cc(-c3ccc(C(F)(F)F)cc3)nn2)c1. The summed E-state index contributed by atoms with van der Waals surface area (Å²) < 4.78 is 57.1. The van der Waals surface area contributed by atoms with Gasteiger partial charge in [0.05, 0.1) is 41.3 Å². The highest BCUT2D eigenvalue weighted by Gasteiger charge is 2.51. The summed E-state index contributed by atoms with van der Waals surface area (Å²) in [6.45, 7) is 7.69. The Labute approximate surface area is 195 Å². The van der Waals surface area contributed by atoms with Crippen LogP contribution in [0.3, 0.4) is 0 Å². The molecular weight excluding hydrogens is 450 g/mol. The number of methoxy groups -OCH3 is 1. The molecule has 0 saturated carbocycles. The van der Waals surface area contributed by atoms with E-state index in [1.165, 1.54) is 23.9 Å². The topological polar surface area (TPSA) is 75.5 Å². The Balaban J connectivity index is 1.70. The van der Waals surface area contributed by atoms with Crippen molar-refractivity contribution in [3.8, 4) is 16.9 Å². The van der Waals surface area contributed by atoms with Crippen molar-refractivity contribution >= 4 is 18.6 Å². The predicted octanol–water partition coefficient (Wildman–Crippen LogP) is 4.04. The molecule has 2 heterocycles. The van der Waals surface area contributed by atoms with E-state index in [1.54, 1.807) is 24.4 Å². The number of hydrogen-bond donors (Lipinski definition) is 0. The summed E-state index contributed by atoms with van der Waals surface area (Å²) >= 11 is 0. The zero-order chi connectivity index (χ0) is 24.9. The number of esters is 1. The van der Waals surface area contributed by atoms with E-state index in [1.807, 2.05) is 27.7 Å². The van der Waals surface area contributed by atoms with Crippen LogP contribution in [0.4, 0.5) is 13.2 Å². The van der Waals surface area contributed by atoms with Gasteiger partial charge in [0.2, 0.25) is 0 Å². The highest BCUT2D eigenvalue weighted by molar-refractivity contribution is 6.62. The molecule has 1 aromatic heterocycles. The van der Waals surface area contributed by atoms with Crippen molar-refractivity contribution in [2.45, 2.75) is 45.1 Å². The third-order valence-corrected chi connectivity index (χ3v) is 6.15. The van der Waals surface area contributed by atoms with Crippen LogP contribution in [-0.4, -0.2) is 46.4 Å². The average Bonchev–Trinajstić information content (AvgIpc) is 3.35. The number of carbonyl (C=O) groups excluding carboxylic acids is 1. The van der Waals surface area contributed by atoms with Gasteiger partial charge in [-0.2, -0.15) is 13.2 Å². The highest BCUT2D eigenvalue weighted by Crippen LogP contribution is 2.36. The Hall–Kier alpha value is -3.18. The summed E-state index contributed by atoms with van der Waals surface area (Å²) in [6.07, 6.45) is -2.86. The fourth-order valence-electron chi connectivity index (χ4n) is 3.47. The molecule has 0 aliphatic carbocycles. The number of ether oxygens (including phenoxy) is 1. The lowest BCUT2D eigenvalue weighted by Crippen LogP contribution is -2.41. The zero-order valence-corrected chi connectivity index (χ0v) is 19.3. The predicted molar refractivity (Wildman–Crippen MR) is 119 cm³/mol. The van der Waals surface area contributed by atoms with E-state index in [-0.39, 0.29) is 5.56 Å². The molecule has 4 rings (SSSR count). The smallest absolute Gasteiger partial charge is 0.465 e. The number of benzene rings is 2. The van der Waals surface area contributed by atoms with Gasteiger partial charge in [0.15, 0.2) is 0 Å². The maximum Gasteiger partial charge on any atom is 0.494 e. The lowest BCUT2D eigenvalue weighted by molar-refractivity contribution is -0.137. The minimum atomic E-state index is -4.42. The molecule has 1 aliphatic rings. The summed E-state index contributed by atoms with van der Waals surface area (Å²) in [7, 11) is 0.549. The molecular formula is C23H23BF3N3O4. The molecule has 178 valence electrons. The third kappa shape index (κ3) is 4.45. The maximum atomic E-state index is 12.9. The Morgan fingerprint density at radius 1 is 1.03 bits per heavy atom. The van der Waals surface area contributed by atoms with E-state index in [0.717, 1.165) is 12.1 Å². The molecule has 0 amide bonds. The van der Waals surface area contributed by atoms with Crippen LogP contribution >= 0.6 is 0 Å². The number of rotatable bonds is 4. The number of aromatic nitrogens is 3. The van der Waals surface area contributed by atoms with Gasteiger partial charge in [0.25, 0.3) is 0 Å². The molecule has 7 nitrogen and oxygen atoms in total. The van der Waals surface area contributed by atoms with Crippen molar-refractivity contribution in [2.75, 3.05) is 7.11 Å². The van der Waals surface area contributed by atoms with Gasteiger partial charge in [0, 0.05) is 5.56 Å². The molecule has 1 saturated heterocycles. The molecule has 0 radical (unpaired) electrons. The molecule has 0 unspecified atom stereocenters. The van der Waals surface area contributed by atoms with Crippen molar-refractivity contribution in [3.63, 3.8) is 0 Å². The van der Waals surface area contributed by atoms with E-state index in [9.17, 15) is 18.0 Å². The van der Waals surface area contributed by atoms with E-state index < -0.39 is 36.0 Å². The zero-order valence-electron chi connectivity index (χ0n) is 19.3. The molecule has 0 spiro atoms. The van der Waals surface area contributed by atoms with Gasteiger partial charge >= 0.3 is 19.3 Å². The molecule has 0 atom stereocenters. The summed E-state index contributed by atoms with van der Waals surface area (Å²) in [5, 5.41) is 8.17. The molecule has 1 aliphatic heterocycles. The summed E-state index contributed by atoms with van der Waals surface area (Å²) in [4.78, 5) is 12.3. The third-order valence-electron chi connectivity index (χ3n) is 6.15. The number of hydrogen-bond acceptors (Lipinski definition) is 6. The largest absolute Gasteiger partial charge is 0.494 e. The van der Waals surface area contributed by atoms with Crippen molar-refractivity contribution in [1.82, 2.24) is 15.0 Å². The Kier molecular flexibility index (Phi) is 5.81. The molecule has 0 N–H and O–H groups in total. The van der Waals surface area contributed by atoms with Crippen LogP contribution in [0.2, 0.25) is 0 Å². The lowest BCUT2D eigenvalue weighted by atomic mass is 9.78. The van der Waals surface area contributed by atoms with E-state index in [2.05, 4.69) is 10.3 Å². The Bertz CT molecular complexity index is 1210. The standard InChI is InChI=1S/C23H23BF3N3O4/c1-21(2)22(3,4)34-24(33-21)17-10-15(20(31)32-5)11-18(12-17)30-13-19(28-29-30)14-6-8-16(9-7-14)23(25,26)27/h6-13H,1-5H3. The summed E-state index contributed by atoms with van der Waals surface area (Å²) in [6, 6.07) is 9.59. The minimum absolute atomic E-state index is 0.260. The second-order valence-corrected chi connectivity index (χ2v) is 9.02. The fourth-order valence-corrected chi connectivity index (χ4v) is 3.47. The van der Waals surface area contributed by atoms with Crippen LogP contribution in [0.25, 0.3) is 16.9 Å². The first kappa shape index (κ1) is 24.0. The number of halogens is 3. The molecule has 3 aromatic rings. The lowest BCUT2D eigenvalue weighted by Gasteiger charge is -2.32. The van der Waals surface area contributed by atoms with Crippen LogP contribution in [0, 0.1) is 0 Å². The maximum absolute atomic E-state index is 12.9. The molecule has 2 aromatic carbocycles. The van der Waals surface area contributed by atoms with E-state index in [0.29, 0.717) is 22.4 Å². The molecule has 0 bridgehead atoms. The first-order chi connectivity index (χ1) is 15.8. The monoisotopic (exact) mass is 473 g/mol. The van der Waals surface area contributed by atoms with Crippen molar-refractivity contribution in [1.29, 1.82) is 0 Å². The molecule has 1 fully saturated rings.